The Hall–Kier alpha value is -4.52. The van der Waals surface area contributed by atoms with Gasteiger partial charge in [-0.2, -0.15) is 0 Å². The molecule has 0 amide bonds. The molecule has 0 aliphatic carbocycles. The maximum atomic E-state index is 13.0. The van der Waals surface area contributed by atoms with Gasteiger partial charge in [-0.3, -0.25) is 4.79 Å². The predicted molar refractivity (Wildman–Crippen MR) is 125 cm³/mol. The molecule has 0 N–H and O–H groups in total. The molecule has 0 radical (unpaired) electrons. The molecule has 7 nitrogen and oxygen atoms in total. The second-order valence-electron chi connectivity index (χ2n) is 7.70. The Balaban J connectivity index is 1.42. The molecule has 0 atom stereocenters. The molecule has 3 aromatic carbocycles. The van der Waals surface area contributed by atoms with Gasteiger partial charge in [0.15, 0.2) is 5.76 Å². The SMILES string of the molecule is COc1ccc(/C=C2\Oc3cc(OC(=O)c4cc5ccccc5o4)cc(C)c3C2=O)c(OC)c1. The Bertz CT molecular complexity index is 1440. The zero-order valence-corrected chi connectivity index (χ0v) is 18.7. The standard InChI is InChI=1S/C27H20O7/c1-15-10-19(32-27(29)24-12-16-6-4-5-7-20(16)33-24)14-22-25(15)26(28)23(34-22)11-17-8-9-18(30-2)13-21(17)31-3/h4-14H,1-3H3/b23-11-. The maximum absolute atomic E-state index is 13.0. The number of rotatable bonds is 5. The summed E-state index contributed by atoms with van der Waals surface area (Å²) in [5, 5.41) is 0.803. The van der Waals surface area contributed by atoms with Crippen molar-refractivity contribution in [3.05, 3.63) is 88.9 Å². The molecule has 1 aliphatic rings. The van der Waals surface area contributed by atoms with Gasteiger partial charge in [0, 0.05) is 23.1 Å². The number of para-hydroxylation sites is 1. The molecule has 34 heavy (non-hydrogen) atoms. The van der Waals surface area contributed by atoms with Crippen molar-refractivity contribution in [2.45, 2.75) is 6.92 Å². The van der Waals surface area contributed by atoms with Gasteiger partial charge < -0.3 is 23.4 Å². The van der Waals surface area contributed by atoms with E-state index >= 15 is 0 Å². The van der Waals surface area contributed by atoms with Crippen LogP contribution in [0, 0.1) is 6.92 Å². The maximum Gasteiger partial charge on any atom is 0.379 e. The van der Waals surface area contributed by atoms with Crippen LogP contribution in [0.5, 0.6) is 23.0 Å². The average molecular weight is 456 g/mol. The van der Waals surface area contributed by atoms with Crippen LogP contribution < -0.4 is 18.9 Å². The number of ketones is 1. The number of allylic oxidation sites excluding steroid dienone is 1. The zero-order valence-electron chi connectivity index (χ0n) is 18.7. The zero-order chi connectivity index (χ0) is 23.8. The molecule has 2 heterocycles. The summed E-state index contributed by atoms with van der Waals surface area (Å²) >= 11 is 0. The third-order valence-electron chi connectivity index (χ3n) is 5.51. The van der Waals surface area contributed by atoms with Crippen molar-refractivity contribution >= 4 is 28.8 Å². The molecule has 1 aromatic heterocycles. The Morgan fingerprint density at radius 2 is 1.76 bits per heavy atom. The summed E-state index contributed by atoms with van der Waals surface area (Å²) in [6.45, 7) is 1.76. The van der Waals surface area contributed by atoms with Gasteiger partial charge in [-0.15, -0.1) is 0 Å². The van der Waals surface area contributed by atoms with Crippen LogP contribution in [0.15, 0.2) is 70.8 Å². The lowest BCUT2D eigenvalue weighted by Gasteiger charge is -2.08. The first kappa shape index (κ1) is 21.3. The van der Waals surface area contributed by atoms with Gasteiger partial charge in [-0.25, -0.2) is 4.79 Å². The minimum atomic E-state index is -0.640. The van der Waals surface area contributed by atoms with Crippen LogP contribution in [0.2, 0.25) is 0 Å². The highest BCUT2D eigenvalue weighted by atomic mass is 16.5. The highest BCUT2D eigenvalue weighted by Crippen LogP contribution is 2.38. The Morgan fingerprint density at radius 1 is 0.941 bits per heavy atom. The molecule has 0 fully saturated rings. The van der Waals surface area contributed by atoms with E-state index < -0.39 is 5.97 Å². The van der Waals surface area contributed by atoms with Crippen LogP contribution >= 0.6 is 0 Å². The molecule has 170 valence electrons. The molecule has 0 saturated carbocycles. The molecule has 0 bridgehead atoms. The van der Waals surface area contributed by atoms with Crippen LogP contribution in [0.3, 0.4) is 0 Å². The smallest absolute Gasteiger partial charge is 0.379 e. The molecule has 0 saturated heterocycles. The van der Waals surface area contributed by atoms with E-state index in [1.54, 1.807) is 56.5 Å². The average Bonchev–Trinajstić information content (AvgIpc) is 3.40. The molecule has 0 spiro atoms. The van der Waals surface area contributed by atoms with Gasteiger partial charge in [0.1, 0.15) is 28.6 Å². The molecule has 1 aliphatic heterocycles. The minimum Gasteiger partial charge on any atom is -0.497 e. The Kier molecular flexibility index (Phi) is 5.30. The number of Topliss-reactive ketones (excluding diaryl/α,β-unsaturated/α-hetero) is 1. The second-order valence-corrected chi connectivity index (χ2v) is 7.70. The first-order chi connectivity index (χ1) is 16.5. The van der Waals surface area contributed by atoms with E-state index in [1.807, 2.05) is 18.2 Å². The Labute approximate surface area is 195 Å². The molecule has 4 aromatic rings. The number of benzene rings is 3. The van der Waals surface area contributed by atoms with Crippen LogP contribution in [-0.4, -0.2) is 26.0 Å². The van der Waals surface area contributed by atoms with E-state index in [9.17, 15) is 9.59 Å². The van der Waals surface area contributed by atoms with Crippen molar-refractivity contribution in [2.75, 3.05) is 14.2 Å². The van der Waals surface area contributed by atoms with Crippen LogP contribution in [0.4, 0.5) is 0 Å². The third kappa shape index (κ3) is 3.77. The Morgan fingerprint density at radius 3 is 2.53 bits per heavy atom. The van der Waals surface area contributed by atoms with Crippen molar-refractivity contribution in [1.82, 2.24) is 0 Å². The van der Waals surface area contributed by atoms with Crippen LogP contribution in [0.25, 0.3) is 17.0 Å². The summed E-state index contributed by atoms with van der Waals surface area (Å²) in [6, 6.07) is 17.3. The topological polar surface area (TPSA) is 84.2 Å². The molecule has 0 unspecified atom stereocenters. The number of methoxy groups -OCH3 is 2. The van der Waals surface area contributed by atoms with E-state index in [0.29, 0.717) is 39.5 Å². The summed E-state index contributed by atoms with van der Waals surface area (Å²) in [7, 11) is 3.10. The third-order valence-corrected chi connectivity index (χ3v) is 5.51. The summed E-state index contributed by atoms with van der Waals surface area (Å²) in [5.41, 5.74) is 2.30. The fraction of sp³-hybridized carbons (Fsp3) is 0.111. The largest absolute Gasteiger partial charge is 0.497 e. The number of aryl methyl sites for hydroxylation is 1. The highest BCUT2D eigenvalue weighted by molar-refractivity contribution is 6.15. The summed E-state index contributed by atoms with van der Waals surface area (Å²) < 4.78 is 27.5. The van der Waals surface area contributed by atoms with E-state index in [-0.39, 0.29) is 23.1 Å². The summed E-state index contributed by atoms with van der Waals surface area (Å²) in [4.78, 5) is 25.6. The van der Waals surface area contributed by atoms with E-state index in [1.165, 1.54) is 13.2 Å². The number of hydrogen-bond donors (Lipinski definition) is 0. The van der Waals surface area contributed by atoms with Gasteiger partial charge in [-0.05, 0) is 48.9 Å². The van der Waals surface area contributed by atoms with Gasteiger partial charge >= 0.3 is 5.97 Å². The van der Waals surface area contributed by atoms with Crippen molar-refractivity contribution < 1.29 is 33.0 Å². The number of furan rings is 1. The van der Waals surface area contributed by atoms with E-state index in [2.05, 4.69) is 0 Å². The molecular weight excluding hydrogens is 436 g/mol. The summed E-state index contributed by atoms with van der Waals surface area (Å²) in [6.07, 6.45) is 1.61. The van der Waals surface area contributed by atoms with Crippen molar-refractivity contribution in [1.29, 1.82) is 0 Å². The lowest BCUT2D eigenvalue weighted by Crippen LogP contribution is -2.07. The minimum absolute atomic E-state index is 0.0866. The monoisotopic (exact) mass is 456 g/mol. The fourth-order valence-corrected chi connectivity index (χ4v) is 3.86. The molecular formula is C27H20O7. The van der Waals surface area contributed by atoms with Crippen molar-refractivity contribution in [3.8, 4) is 23.0 Å². The predicted octanol–water partition coefficient (Wildman–Crippen LogP) is 5.59. The number of carbonyl (C=O) groups excluding carboxylic acids is 2. The number of esters is 1. The first-order valence-electron chi connectivity index (χ1n) is 10.5. The molecule has 5 rings (SSSR count). The number of hydrogen-bond acceptors (Lipinski definition) is 7. The van der Waals surface area contributed by atoms with Gasteiger partial charge in [0.2, 0.25) is 11.5 Å². The van der Waals surface area contributed by atoms with Gasteiger partial charge in [0.05, 0.1) is 19.8 Å². The van der Waals surface area contributed by atoms with Gasteiger partial charge in [0.25, 0.3) is 0 Å². The quantitative estimate of drug-likeness (QED) is 0.220. The number of ether oxygens (including phenoxy) is 4. The molecule has 7 heteroatoms. The summed E-state index contributed by atoms with van der Waals surface area (Å²) in [5.74, 6) is 1.06. The van der Waals surface area contributed by atoms with Crippen molar-refractivity contribution in [2.24, 2.45) is 0 Å². The van der Waals surface area contributed by atoms with Crippen LogP contribution in [0.1, 0.15) is 32.0 Å². The first-order valence-corrected chi connectivity index (χ1v) is 10.5. The lowest BCUT2D eigenvalue weighted by molar-refractivity contribution is 0.0703. The van der Waals surface area contributed by atoms with E-state index in [4.69, 9.17) is 23.4 Å². The van der Waals surface area contributed by atoms with Crippen LogP contribution in [-0.2, 0) is 0 Å². The number of fused-ring (bicyclic) bond motifs is 2. The highest BCUT2D eigenvalue weighted by Gasteiger charge is 2.31. The second kappa shape index (κ2) is 8.44. The normalized spacial score (nSPS) is 13.6. The number of carbonyl (C=O) groups is 2. The van der Waals surface area contributed by atoms with Gasteiger partial charge in [-0.1, -0.05) is 18.2 Å². The van der Waals surface area contributed by atoms with Crippen molar-refractivity contribution in [3.63, 3.8) is 0 Å². The lowest BCUT2D eigenvalue weighted by atomic mass is 10.0. The fourth-order valence-electron chi connectivity index (χ4n) is 3.86. The van der Waals surface area contributed by atoms with E-state index in [0.717, 1.165) is 5.39 Å².